The fourth-order valence-corrected chi connectivity index (χ4v) is 7.20. The minimum absolute atomic E-state index is 0.716. The molecule has 4 nitrogen and oxygen atoms in total. The molecule has 3 aromatic carbocycles. The molecule has 0 spiro atoms. The predicted octanol–water partition coefficient (Wildman–Crippen LogP) is 5.79. The molecule has 0 fully saturated rings. The lowest BCUT2D eigenvalue weighted by Gasteiger charge is -2.36. The molecule has 33 heavy (non-hydrogen) atoms. The van der Waals surface area contributed by atoms with Crippen molar-refractivity contribution in [3.63, 3.8) is 0 Å². The fraction of sp³-hybridized carbons (Fsp3) is 0.148. The molecule has 2 heterocycles. The van der Waals surface area contributed by atoms with Crippen LogP contribution in [0.3, 0.4) is 0 Å². The Morgan fingerprint density at radius 3 is 1.58 bits per heavy atom. The summed E-state index contributed by atoms with van der Waals surface area (Å²) in [5.74, 6) is 0.779. The lowest BCUT2D eigenvalue weighted by molar-refractivity contribution is 0.451. The zero-order valence-corrected chi connectivity index (χ0v) is 20.8. The number of nitrogens with zero attached hydrogens (tertiary/aromatic N) is 4. The molecule has 0 saturated carbocycles. The zero-order chi connectivity index (χ0) is 22.9. The molecule has 0 unspecified atom stereocenters. The summed E-state index contributed by atoms with van der Waals surface area (Å²) in [5, 5.41) is 13.4. The van der Waals surface area contributed by atoms with E-state index in [1.54, 1.807) is 0 Å². The van der Waals surface area contributed by atoms with Crippen molar-refractivity contribution >= 4 is 23.9 Å². The predicted molar refractivity (Wildman–Crippen MR) is 139 cm³/mol. The normalized spacial score (nSPS) is 12.1. The minimum atomic E-state index is -1.44. The summed E-state index contributed by atoms with van der Waals surface area (Å²) in [6.45, 7) is 7.11. The number of aromatic nitrogens is 4. The molecule has 0 amide bonds. The van der Waals surface area contributed by atoms with E-state index in [0.29, 0.717) is 0 Å². The molecule has 6 heteroatoms. The van der Waals surface area contributed by atoms with Crippen LogP contribution in [0.15, 0.2) is 103 Å². The zero-order valence-electron chi connectivity index (χ0n) is 19.0. The van der Waals surface area contributed by atoms with Gasteiger partial charge in [0, 0.05) is 0 Å². The average molecular weight is 467 g/mol. The number of benzene rings is 3. The highest BCUT2D eigenvalue weighted by molar-refractivity contribution is 7.28. The van der Waals surface area contributed by atoms with Crippen molar-refractivity contribution in [2.75, 3.05) is 0 Å². The molecule has 2 aromatic heterocycles. The van der Waals surface area contributed by atoms with Crippen molar-refractivity contribution in [1.29, 1.82) is 0 Å². The highest BCUT2D eigenvalue weighted by Gasteiger charge is 2.42. The van der Waals surface area contributed by atoms with Crippen LogP contribution in [0.25, 0.3) is 10.7 Å². The van der Waals surface area contributed by atoms with Crippen LogP contribution in [-0.4, -0.2) is 28.3 Å². The van der Waals surface area contributed by atoms with Gasteiger partial charge < -0.3 is 0 Å². The molecular weight excluding hydrogens is 440 g/mol. The highest BCUT2D eigenvalue weighted by atomic mass is 32.1. The minimum Gasteiger partial charge on any atom is -0.205 e. The van der Waals surface area contributed by atoms with Crippen LogP contribution in [0.4, 0.5) is 0 Å². The third kappa shape index (κ3) is 3.75. The van der Waals surface area contributed by atoms with E-state index >= 15 is 0 Å². The summed E-state index contributed by atoms with van der Waals surface area (Å²) in [6.07, 6.45) is 0. The number of tetrazole rings is 1. The van der Waals surface area contributed by atoms with Gasteiger partial charge in [0.15, 0.2) is 5.82 Å². The lowest BCUT2D eigenvalue weighted by atomic mass is 9.77. The van der Waals surface area contributed by atoms with Crippen molar-refractivity contribution in [2.45, 2.75) is 25.2 Å². The smallest absolute Gasteiger partial charge is 0.193 e. The van der Waals surface area contributed by atoms with E-state index in [-0.39, 0.29) is 0 Å². The Morgan fingerprint density at radius 2 is 1.15 bits per heavy atom. The molecule has 5 aromatic rings. The number of hydrogen-bond donors (Lipinski definition) is 0. The van der Waals surface area contributed by atoms with Crippen LogP contribution < -0.4 is 4.50 Å². The van der Waals surface area contributed by atoms with Crippen molar-refractivity contribution in [1.82, 2.24) is 20.2 Å². The van der Waals surface area contributed by atoms with E-state index in [0.717, 1.165) is 27.4 Å². The summed E-state index contributed by atoms with van der Waals surface area (Å²) < 4.78 is 3.45. The van der Waals surface area contributed by atoms with Crippen LogP contribution >= 0.6 is 11.3 Å². The molecular formula is C27H26N4SSi. The van der Waals surface area contributed by atoms with Gasteiger partial charge in [-0.25, -0.2) is 4.68 Å². The molecule has 0 aliphatic carbocycles. The van der Waals surface area contributed by atoms with Gasteiger partial charge in [0.05, 0.1) is 13.0 Å². The van der Waals surface area contributed by atoms with Crippen LogP contribution in [0.2, 0.25) is 19.6 Å². The van der Waals surface area contributed by atoms with Gasteiger partial charge in [-0.1, -0.05) is 117 Å². The Bertz CT molecular complexity index is 1240. The summed E-state index contributed by atoms with van der Waals surface area (Å²) in [4.78, 5) is 1.09. The second-order valence-electron chi connectivity index (χ2n) is 9.14. The van der Waals surface area contributed by atoms with Gasteiger partial charge in [-0.2, -0.15) is 0 Å². The van der Waals surface area contributed by atoms with Gasteiger partial charge in [0.25, 0.3) is 0 Å². The van der Waals surface area contributed by atoms with Crippen molar-refractivity contribution in [2.24, 2.45) is 0 Å². The van der Waals surface area contributed by atoms with Gasteiger partial charge in [0.2, 0.25) is 0 Å². The van der Waals surface area contributed by atoms with Crippen LogP contribution in [0.1, 0.15) is 16.7 Å². The number of rotatable bonds is 6. The maximum Gasteiger partial charge on any atom is 0.193 e. The molecule has 0 saturated heterocycles. The maximum absolute atomic E-state index is 4.64. The first-order valence-corrected chi connectivity index (χ1v) is 15.4. The van der Waals surface area contributed by atoms with Gasteiger partial charge in [-0.15, -0.1) is 16.4 Å². The Kier molecular flexibility index (Phi) is 5.56. The molecule has 0 N–H and O–H groups in total. The largest absolute Gasteiger partial charge is 0.205 e. The summed E-state index contributed by atoms with van der Waals surface area (Å²) in [7, 11) is -1.44. The Labute approximate surface area is 199 Å². The molecule has 0 aliphatic rings. The lowest BCUT2D eigenvalue weighted by Crippen LogP contribution is -2.39. The monoisotopic (exact) mass is 466 g/mol. The van der Waals surface area contributed by atoms with E-state index in [9.17, 15) is 0 Å². The standard InChI is InChI=1S/C27H26N4SSi/c1-33(2,3)25-20-19-24(32-25)26-28-29-30-31(26)27(21-13-7-4-8-14-21,22-15-9-5-10-16-22)23-17-11-6-12-18-23/h4-20H,1-3H3. The van der Waals surface area contributed by atoms with E-state index in [1.807, 2.05) is 34.2 Å². The molecule has 0 atom stereocenters. The second-order valence-corrected chi connectivity index (χ2v) is 15.6. The van der Waals surface area contributed by atoms with E-state index < -0.39 is 13.6 Å². The van der Waals surface area contributed by atoms with Gasteiger partial charge >= 0.3 is 0 Å². The third-order valence-electron chi connectivity index (χ3n) is 5.93. The third-order valence-corrected chi connectivity index (χ3v) is 10.6. The molecule has 0 bridgehead atoms. The maximum atomic E-state index is 4.64. The summed E-state index contributed by atoms with van der Waals surface area (Å²) >= 11 is 1.81. The summed E-state index contributed by atoms with van der Waals surface area (Å²) in [5.41, 5.74) is 2.61. The van der Waals surface area contributed by atoms with Crippen LogP contribution in [-0.2, 0) is 5.54 Å². The van der Waals surface area contributed by atoms with E-state index in [1.165, 1.54) is 4.50 Å². The van der Waals surface area contributed by atoms with E-state index in [2.05, 4.69) is 120 Å². The van der Waals surface area contributed by atoms with Crippen LogP contribution in [0.5, 0.6) is 0 Å². The van der Waals surface area contributed by atoms with Crippen LogP contribution in [0, 0.1) is 0 Å². The molecule has 164 valence electrons. The van der Waals surface area contributed by atoms with Crippen molar-refractivity contribution in [3.8, 4) is 10.7 Å². The Balaban J connectivity index is 1.85. The van der Waals surface area contributed by atoms with Gasteiger partial charge in [-0.05, 0) is 37.7 Å². The number of hydrogen-bond acceptors (Lipinski definition) is 4. The Hall–Kier alpha value is -3.35. The average Bonchev–Trinajstić information content (AvgIpc) is 3.52. The highest BCUT2D eigenvalue weighted by Crippen LogP contribution is 2.42. The van der Waals surface area contributed by atoms with E-state index in [4.69, 9.17) is 0 Å². The fourth-order valence-electron chi connectivity index (χ4n) is 4.33. The quantitative estimate of drug-likeness (QED) is 0.235. The Morgan fingerprint density at radius 1 is 0.667 bits per heavy atom. The van der Waals surface area contributed by atoms with Crippen molar-refractivity contribution in [3.05, 3.63) is 120 Å². The first-order chi connectivity index (χ1) is 16.0. The van der Waals surface area contributed by atoms with Gasteiger partial charge in [0.1, 0.15) is 5.54 Å². The topological polar surface area (TPSA) is 43.6 Å². The molecule has 0 radical (unpaired) electrons. The number of thiophene rings is 1. The second kappa shape index (κ2) is 8.54. The SMILES string of the molecule is C[Si](C)(C)c1ccc(-c2nnnn2C(c2ccccc2)(c2ccccc2)c2ccccc2)s1. The first kappa shape index (κ1) is 21.5. The summed E-state index contributed by atoms with van der Waals surface area (Å²) in [6, 6.07) is 36.0. The molecule has 5 rings (SSSR count). The molecule has 0 aliphatic heterocycles. The van der Waals surface area contributed by atoms with Gasteiger partial charge in [-0.3, -0.25) is 0 Å². The first-order valence-electron chi connectivity index (χ1n) is 11.1. The van der Waals surface area contributed by atoms with Crippen molar-refractivity contribution < 1.29 is 0 Å².